The number of amides is 1. The minimum Gasteiger partial charge on any atom is -0.497 e. The quantitative estimate of drug-likeness (QED) is 0.681. The predicted octanol–water partition coefficient (Wildman–Crippen LogP) is 3.17. The molecule has 0 unspecified atom stereocenters. The van der Waals surface area contributed by atoms with E-state index < -0.39 is 0 Å². The van der Waals surface area contributed by atoms with Gasteiger partial charge in [-0.15, -0.1) is 0 Å². The predicted molar refractivity (Wildman–Crippen MR) is 90.4 cm³/mol. The second-order valence-corrected chi connectivity index (χ2v) is 5.02. The summed E-state index contributed by atoms with van der Waals surface area (Å²) >= 11 is 0. The van der Waals surface area contributed by atoms with Crippen molar-refractivity contribution in [1.29, 1.82) is 0 Å². The highest BCUT2D eigenvalue weighted by molar-refractivity contribution is 6.03. The number of aryl methyl sites for hydroxylation is 1. The van der Waals surface area contributed by atoms with Gasteiger partial charge in [0.1, 0.15) is 11.5 Å². The Morgan fingerprint density at radius 1 is 1.04 bits per heavy atom. The topological polar surface area (TPSA) is 59.9 Å². The van der Waals surface area contributed by atoms with Gasteiger partial charge in [0.25, 0.3) is 5.91 Å². The number of carbonyl (C=O) groups excluding carboxylic acids is 1. The molecule has 0 bridgehead atoms. The van der Waals surface area contributed by atoms with Crippen molar-refractivity contribution in [2.24, 2.45) is 5.10 Å². The lowest BCUT2D eigenvalue weighted by Gasteiger charge is -2.10. The molecule has 0 fully saturated rings. The lowest BCUT2D eigenvalue weighted by molar-refractivity contribution is 0.0954. The van der Waals surface area contributed by atoms with Crippen LogP contribution >= 0.6 is 0 Å². The van der Waals surface area contributed by atoms with Crippen LogP contribution in [0.4, 0.5) is 0 Å². The molecule has 5 nitrogen and oxygen atoms in total. The summed E-state index contributed by atoms with van der Waals surface area (Å²) in [5.74, 6) is 1.09. The standard InChI is InChI=1S/C18H20N2O3/c1-12-7-5-6-8-15(12)18(21)20-19-13(2)16-10-9-14(22-3)11-17(16)23-4/h5-11H,1-4H3,(H,20,21)/b19-13-. The van der Waals surface area contributed by atoms with Crippen molar-refractivity contribution >= 4 is 11.6 Å². The number of carbonyl (C=O) groups is 1. The summed E-state index contributed by atoms with van der Waals surface area (Å²) in [4.78, 5) is 12.2. The number of nitrogens with one attached hydrogen (secondary N) is 1. The van der Waals surface area contributed by atoms with Crippen LogP contribution in [0.5, 0.6) is 11.5 Å². The SMILES string of the molecule is COc1ccc(/C(C)=N\NC(=O)c2ccccc2C)c(OC)c1. The normalized spacial score (nSPS) is 11.0. The first-order chi connectivity index (χ1) is 11.1. The van der Waals surface area contributed by atoms with Gasteiger partial charge < -0.3 is 9.47 Å². The Morgan fingerprint density at radius 3 is 2.43 bits per heavy atom. The van der Waals surface area contributed by atoms with Crippen molar-refractivity contribution < 1.29 is 14.3 Å². The van der Waals surface area contributed by atoms with Crippen LogP contribution in [0.2, 0.25) is 0 Å². The van der Waals surface area contributed by atoms with Crippen molar-refractivity contribution in [2.45, 2.75) is 13.8 Å². The molecule has 23 heavy (non-hydrogen) atoms. The van der Waals surface area contributed by atoms with E-state index in [1.165, 1.54) is 0 Å². The van der Waals surface area contributed by atoms with E-state index in [4.69, 9.17) is 9.47 Å². The van der Waals surface area contributed by atoms with Crippen LogP contribution in [0.3, 0.4) is 0 Å². The van der Waals surface area contributed by atoms with Crippen molar-refractivity contribution in [3.63, 3.8) is 0 Å². The molecule has 0 aliphatic heterocycles. The number of methoxy groups -OCH3 is 2. The molecule has 0 saturated heterocycles. The van der Waals surface area contributed by atoms with Gasteiger partial charge in [-0.2, -0.15) is 5.10 Å². The van der Waals surface area contributed by atoms with Crippen LogP contribution in [-0.4, -0.2) is 25.8 Å². The Labute approximate surface area is 135 Å². The van der Waals surface area contributed by atoms with E-state index in [1.807, 2.05) is 44.2 Å². The van der Waals surface area contributed by atoms with E-state index in [9.17, 15) is 4.79 Å². The first kappa shape index (κ1) is 16.5. The zero-order chi connectivity index (χ0) is 16.8. The Balaban J connectivity index is 2.20. The number of hydrazone groups is 1. The molecule has 5 heteroatoms. The van der Waals surface area contributed by atoms with E-state index in [1.54, 1.807) is 26.4 Å². The molecule has 0 radical (unpaired) electrons. The maximum atomic E-state index is 12.2. The average molecular weight is 312 g/mol. The van der Waals surface area contributed by atoms with Gasteiger partial charge in [0.05, 0.1) is 19.9 Å². The smallest absolute Gasteiger partial charge is 0.271 e. The van der Waals surface area contributed by atoms with Crippen molar-refractivity contribution in [2.75, 3.05) is 14.2 Å². The fourth-order valence-corrected chi connectivity index (χ4v) is 2.18. The Kier molecular flexibility index (Phi) is 5.36. The van der Waals surface area contributed by atoms with Crippen LogP contribution in [0.15, 0.2) is 47.6 Å². The first-order valence-electron chi connectivity index (χ1n) is 7.19. The molecular formula is C18H20N2O3. The lowest BCUT2D eigenvalue weighted by Crippen LogP contribution is -2.20. The molecule has 1 amide bonds. The molecule has 0 spiro atoms. The third kappa shape index (κ3) is 3.88. The van der Waals surface area contributed by atoms with Gasteiger partial charge in [0.15, 0.2) is 0 Å². The van der Waals surface area contributed by atoms with Gasteiger partial charge in [-0.3, -0.25) is 4.79 Å². The average Bonchev–Trinajstić information content (AvgIpc) is 2.59. The fourth-order valence-electron chi connectivity index (χ4n) is 2.18. The summed E-state index contributed by atoms with van der Waals surface area (Å²) in [5.41, 5.74) is 5.52. The van der Waals surface area contributed by atoms with Crippen LogP contribution in [-0.2, 0) is 0 Å². The van der Waals surface area contributed by atoms with E-state index in [0.29, 0.717) is 22.8 Å². The summed E-state index contributed by atoms with van der Waals surface area (Å²) in [6.45, 7) is 3.69. The molecular weight excluding hydrogens is 292 g/mol. The van der Waals surface area contributed by atoms with Crippen molar-refractivity contribution in [3.8, 4) is 11.5 Å². The minimum absolute atomic E-state index is 0.241. The third-order valence-corrected chi connectivity index (χ3v) is 3.51. The van der Waals surface area contributed by atoms with Gasteiger partial charge in [-0.1, -0.05) is 18.2 Å². The zero-order valence-electron chi connectivity index (χ0n) is 13.7. The second-order valence-electron chi connectivity index (χ2n) is 5.02. The Bertz CT molecular complexity index is 739. The summed E-state index contributed by atoms with van der Waals surface area (Å²) in [5, 5.41) is 4.17. The van der Waals surface area contributed by atoms with Crippen LogP contribution in [0, 0.1) is 6.92 Å². The van der Waals surface area contributed by atoms with E-state index in [2.05, 4.69) is 10.5 Å². The van der Waals surface area contributed by atoms with Crippen LogP contribution in [0.1, 0.15) is 28.4 Å². The molecule has 0 aliphatic carbocycles. The first-order valence-corrected chi connectivity index (χ1v) is 7.19. The maximum absolute atomic E-state index is 12.2. The molecule has 0 saturated carbocycles. The Hall–Kier alpha value is -2.82. The van der Waals surface area contributed by atoms with Gasteiger partial charge in [0.2, 0.25) is 0 Å². The van der Waals surface area contributed by atoms with Gasteiger partial charge in [-0.05, 0) is 37.6 Å². The van der Waals surface area contributed by atoms with E-state index in [-0.39, 0.29) is 5.91 Å². The highest BCUT2D eigenvalue weighted by atomic mass is 16.5. The number of hydrogen-bond acceptors (Lipinski definition) is 4. The molecule has 0 aliphatic rings. The van der Waals surface area contributed by atoms with E-state index in [0.717, 1.165) is 11.1 Å². The second kappa shape index (κ2) is 7.45. The molecule has 2 aromatic carbocycles. The van der Waals surface area contributed by atoms with Gasteiger partial charge in [-0.25, -0.2) is 5.43 Å². The largest absolute Gasteiger partial charge is 0.497 e. The monoisotopic (exact) mass is 312 g/mol. The molecule has 2 aromatic rings. The molecule has 0 heterocycles. The molecule has 0 aromatic heterocycles. The van der Waals surface area contributed by atoms with Gasteiger partial charge >= 0.3 is 0 Å². The number of rotatable bonds is 5. The molecule has 1 N–H and O–H groups in total. The third-order valence-electron chi connectivity index (χ3n) is 3.51. The summed E-state index contributed by atoms with van der Waals surface area (Å²) in [6, 6.07) is 12.8. The van der Waals surface area contributed by atoms with Crippen molar-refractivity contribution in [1.82, 2.24) is 5.43 Å². The van der Waals surface area contributed by atoms with Crippen molar-refractivity contribution in [3.05, 3.63) is 59.2 Å². The van der Waals surface area contributed by atoms with Crippen LogP contribution in [0.25, 0.3) is 0 Å². The van der Waals surface area contributed by atoms with E-state index >= 15 is 0 Å². The molecule has 120 valence electrons. The fraction of sp³-hybridized carbons (Fsp3) is 0.222. The highest BCUT2D eigenvalue weighted by Gasteiger charge is 2.10. The maximum Gasteiger partial charge on any atom is 0.271 e. The number of benzene rings is 2. The zero-order valence-corrected chi connectivity index (χ0v) is 13.7. The molecule has 2 rings (SSSR count). The van der Waals surface area contributed by atoms with Crippen LogP contribution < -0.4 is 14.9 Å². The lowest BCUT2D eigenvalue weighted by atomic mass is 10.1. The Morgan fingerprint density at radius 2 is 1.78 bits per heavy atom. The number of nitrogens with zero attached hydrogens (tertiary/aromatic N) is 1. The molecule has 0 atom stereocenters. The summed E-state index contributed by atoms with van der Waals surface area (Å²) in [7, 11) is 3.18. The number of ether oxygens (including phenoxy) is 2. The highest BCUT2D eigenvalue weighted by Crippen LogP contribution is 2.25. The number of hydrogen-bond donors (Lipinski definition) is 1. The minimum atomic E-state index is -0.241. The summed E-state index contributed by atoms with van der Waals surface area (Å²) in [6.07, 6.45) is 0. The van der Waals surface area contributed by atoms with Gasteiger partial charge in [0, 0.05) is 17.2 Å². The summed E-state index contributed by atoms with van der Waals surface area (Å²) < 4.78 is 10.5.